The molecule has 5 heteroatoms. The molecule has 0 aromatic heterocycles. The average Bonchev–Trinajstić information content (AvgIpc) is 2.57. The molecule has 1 aromatic carbocycles. The largest absolute Gasteiger partial charge is 0.322 e. The monoisotopic (exact) mass is 357 g/mol. The number of nitrogens with zero attached hydrogens (tertiary/aromatic N) is 1. The van der Waals surface area contributed by atoms with Crippen molar-refractivity contribution in [1.82, 2.24) is 5.32 Å². The highest BCUT2D eigenvalue weighted by atomic mass is 16.2. The highest BCUT2D eigenvalue weighted by molar-refractivity contribution is 6.15. The van der Waals surface area contributed by atoms with E-state index in [1.807, 2.05) is 31.2 Å². The van der Waals surface area contributed by atoms with Crippen molar-refractivity contribution >= 4 is 23.2 Å². The highest BCUT2D eigenvalue weighted by Gasteiger charge is 2.44. The Morgan fingerprint density at radius 2 is 1.77 bits per heavy atom. The van der Waals surface area contributed by atoms with Gasteiger partial charge in [-0.25, -0.2) is 0 Å². The van der Waals surface area contributed by atoms with Gasteiger partial charge in [0.1, 0.15) is 5.54 Å². The molecule has 5 nitrogen and oxygen atoms in total. The zero-order chi connectivity index (χ0) is 18.7. The lowest BCUT2D eigenvalue weighted by molar-refractivity contribution is -0.127. The summed E-state index contributed by atoms with van der Waals surface area (Å²) >= 11 is 0. The molecule has 1 aromatic rings. The lowest BCUT2D eigenvalue weighted by Gasteiger charge is -2.43. The molecule has 26 heavy (non-hydrogen) atoms. The number of rotatable bonds is 3. The molecule has 2 aliphatic rings. The van der Waals surface area contributed by atoms with E-state index in [0.29, 0.717) is 11.7 Å². The van der Waals surface area contributed by atoms with Crippen molar-refractivity contribution < 1.29 is 9.59 Å². The standard InChI is InChI=1S/C21H31N3O2/c1-15(22-16-11-7-5-4-6-8-12-16)19(25)24-18-14-10-9-13-17(18)23-20(26)21(24,2)3/h9-10,13-16,22H,4-8,11-12H2,1-3H3,(H,23,26)/t15-/m1/s1. The Labute approximate surface area is 156 Å². The molecule has 1 saturated carbocycles. The van der Waals surface area contributed by atoms with E-state index in [0.717, 1.165) is 18.5 Å². The summed E-state index contributed by atoms with van der Waals surface area (Å²) in [5, 5.41) is 6.46. The molecule has 0 radical (unpaired) electrons. The SMILES string of the molecule is C[C@@H](NC1CCCCCCC1)C(=O)N1c2ccccc2NC(=O)C1(C)C. The zero-order valence-corrected chi connectivity index (χ0v) is 16.2. The topological polar surface area (TPSA) is 61.4 Å². The van der Waals surface area contributed by atoms with Gasteiger partial charge in [0, 0.05) is 6.04 Å². The van der Waals surface area contributed by atoms with Crippen LogP contribution in [0.5, 0.6) is 0 Å². The van der Waals surface area contributed by atoms with Crippen LogP contribution in [-0.4, -0.2) is 29.4 Å². The maximum Gasteiger partial charge on any atom is 0.250 e. The summed E-state index contributed by atoms with van der Waals surface area (Å²) in [6, 6.07) is 7.58. The molecule has 0 saturated heterocycles. The van der Waals surface area contributed by atoms with Gasteiger partial charge in [0.05, 0.1) is 17.4 Å². The fraction of sp³-hybridized carbons (Fsp3) is 0.619. The number of para-hydroxylation sites is 2. The van der Waals surface area contributed by atoms with Gasteiger partial charge in [0.25, 0.3) is 0 Å². The molecular formula is C21H31N3O2. The number of nitrogens with one attached hydrogen (secondary N) is 2. The van der Waals surface area contributed by atoms with Crippen LogP contribution in [0.25, 0.3) is 0 Å². The molecular weight excluding hydrogens is 326 g/mol. The number of carbonyl (C=O) groups excluding carboxylic acids is 2. The van der Waals surface area contributed by atoms with Crippen molar-refractivity contribution in [2.75, 3.05) is 10.2 Å². The van der Waals surface area contributed by atoms with Crippen LogP contribution in [0.3, 0.4) is 0 Å². The molecule has 2 amide bonds. The van der Waals surface area contributed by atoms with Crippen molar-refractivity contribution in [3.8, 4) is 0 Å². The quantitative estimate of drug-likeness (QED) is 0.864. The van der Waals surface area contributed by atoms with Crippen LogP contribution in [0.15, 0.2) is 24.3 Å². The normalized spacial score (nSPS) is 22.0. The van der Waals surface area contributed by atoms with Crippen molar-refractivity contribution in [1.29, 1.82) is 0 Å². The molecule has 1 aliphatic heterocycles. The lowest BCUT2D eigenvalue weighted by atomic mass is 9.94. The minimum Gasteiger partial charge on any atom is -0.322 e. The Morgan fingerprint density at radius 3 is 2.46 bits per heavy atom. The molecule has 1 fully saturated rings. The predicted molar refractivity (Wildman–Crippen MR) is 105 cm³/mol. The summed E-state index contributed by atoms with van der Waals surface area (Å²) in [4.78, 5) is 27.6. The lowest BCUT2D eigenvalue weighted by Crippen LogP contribution is -2.62. The van der Waals surface area contributed by atoms with Gasteiger partial charge in [-0.3, -0.25) is 14.5 Å². The predicted octanol–water partition coefficient (Wildman–Crippen LogP) is 3.84. The van der Waals surface area contributed by atoms with Gasteiger partial charge in [0.2, 0.25) is 11.8 Å². The van der Waals surface area contributed by atoms with E-state index >= 15 is 0 Å². The Hall–Kier alpha value is -1.88. The smallest absolute Gasteiger partial charge is 0.250 e. The van der Waals surface area contributed by atoms with Crippen molar-refractivity contribution in [2.45, 2.75) is 83.3 Å². The second kappa shape index (κ2) is 7.78. The first-order valence-electron chi connectivity index (χ1n) is 9.92. The van der Waals surface area contributed by atoms with Crippen molar-refractivity contribution in [3.05, 3.63) is 24.3 Å². The average molecular weight is 357 g/mol. The van der Waals surface area contributed by atoms with E-state index in [4.69, 9.17) is 0 Å². The summed E-state index contributed by atoms with van der Waals surface area (Å²) in [6.07, 6.45) is 8.59. The minimum atomic E-state index is -0.914. The molecule has 2 N–H and O–H groups in total. The Balaban J connectivity index is 1.79. The van der Waals surface area contributed by atoms with E-state index in [2.05, 4.69) is 10.6 Å². The van der Waals surface area contributed by atoms with Gasteiger partial charge in [-0.2, -0.15) is 0 Å². The third-order valence-electron chi connectivity index (χ3n) is 5.69. The zero-order valence-electron chi connectivity index (χ0n) is 16.2. The maximum absolute atomic E-state index is 13.3. The van der Waals surface area contributed by atoms with Crippen molar-refractivity contribution in [2.24, 2.45) is 0 Å². The fourth-order valence-electron chi connectivity index (χ4n) is 4.09. The Bertz CT molecular complexity index is 663. The van der Waals surface area contributed by atoms with Crippen LogP contribution < -0.4 is 15.5 Å². The van der Waals surface area contributed by atoms with E-state index in [1.165, 1.54) is 32.1 Å². The molecule has 0 unspecified atom stereocenters. The van der Waals surface area contributed by atoms with Crippen LogP contribution in [0.4, 0.5) is 11.4 Å². The summed E-state index contributed by atoms with van der Waals surface area (Å²) in [7, 11) is 0. The highest BCUT2D eigenvalue weighted by Crippen LogP contribution is 2.37. The first-order chi connectivity index (χ1) is 12.4. The number of hydrogen-bond donors (Lipinski definition) is 2. The van der Waals surface area contributed by atoms with Gasteiger partial charge < -0.3 is 10.6 Å². The summed E-state index contributed by atoms with van der Waals surface area (Å²) in [5.41, 5.74) is 0.555. The molecule has 0 spiro atoms. The van der Waals surface area contributed by atoms with Crippen LogP contribution >= 0.6 is 0 Å². The third-order valence-corrected chi connectivity index (χ3v) is 5.69. The second-order valence-corrected chi connectivity index (χ2v) is 8.13. The molecule has 142 valence electrons. The Morgan fingerprint density at radius 1 is 1.15 bits per heavy atom. The molecule has 0 bridgehead atoms. The van der Waals surface area contributed by atoms with Crippen LogP contribution in [0, 0.1) is 0 Å². The molecule has 1 aliphatic carbocycles. The third kappa shape index (κ3) is 3.78. The van der Waals surface area contributed by atoms with Gasteiger partial charge >= 0.3 is 0 Å². The maximum atomic E-state index is 13.3. The number of amides is 2. The molecule has 3 rings (SSSR count). The van der Waals surface area contributed by atoms with Gasteiger partial charge in [-0.1, -0.05) is 44.2 Å². The van der Waals surface area contributed by atoms with E-state index in [9.17, 15) is 9.59 Å². The minimum absolute atomic E-state index is 0.0423. The van der Waals surface area contributed by atoms with Crippen LogP contribution in [0.2, 0.25) is 0 Å². The second-order valence-electron chi connectivity index (χ2n) is 8.13. The van der Waals surface area contributed by atoms with Gasteiger partial charge in [-0.05, 0) is 45.7 Å². The number of benzene rings is 1. The van der Waals surface area contributed by atoms with Gasteiger partial charge in [-0.15, -0.1) is 0 Å². The Kier molecular flexibility index (Phi) is 5.66. The van der Waals surface area contributed by atoms with E-state index in [1.54, 1.807) is 18.7 Å². The van der Waals surface area contributed by atoms with E-state index in [-0.39, 0.29) is 17.9 Å². The first kappa shape index (κ1) is 18.9. The van der Waals surface area contributed by atoms with E-state index < -0.39 is 5.54 Å². The van der Waals surface area contributed by atoms with Crippen LogP contribution in [0.1, 0.15) is 65.7 Å². The number of anilines is 2. The van der Waals surface area contributed by atoms with Crippen LogP contribution in [-0.2, 0) is 9.59 Å². The van der Waals surface area contributed by atoms with Gasteiger partial charge in [0.15, 0.2) is 0 Å². The fourth-order valence-corrected chi connectivity index (χ4v) is 4.09. The molecule has 1 heterocycles. The number of hydrogen-bond acceptors (Lipinski definition) is 3. The first-order valence-corrected chi connectivity index (χ1v) is 9.92. The summed E-state index contributed by atoms with van der Waals surface area (Å²) in [6.45, 7) is 5.53. The number of carbonyl (C=O) groups is 2. The molecule has 1 atom stereocenters. The summed E-state index contributed by atoms with van der Waals surface area (Å²) in [5.74, 6) is -0.193. The summed E-state index contributed by atoms with van der Waals surface area (Å²) < 4.78 is 0. The number of fused-ring (bicyclic) bond motifs is 1. The van der Waals surface area contributed by atoms with Crippen molar-refractivity contribution in [3.63, 3.8) is 0 Å².